The summed E-state index contributed by atoms with van der Waals surface area (Å²) in [5.41, 5.74) is 1.32. The lowest BCUT2D eigenvalue weighted by Crippen LogP contribution is -2.32. The maximum Gasteiger partial charge on any atom is 0.306 e. The predicted molar refractivity (Wildman–Crippen MR) is 72.6 cm³/mol. The standard InChI is InChI=1S/C14H17NO3S/c16-13(12-7-8-2-1-3-11(8)19-12)15-10-5-4-9(6-10)14(17)18/h7,9-10H,1-6H2,(H,15,16)(H,17,18)/t9-,10+/m1/s1. The van der Waals surface area contributed by atoms with Gasteiger partial charge in [0.05, 0.1) is 10.8 Å². The summed E-state index contributed by atoms with van der Waals surface area (Å²) in [6.45, 7) is 0. The van der Waals surface area contributed by atoms with Gasteiger partial charge in [-0.2, -0.15) is 0 Å². The molecule has 1 amide bonds. The highest BCUT2D eigenvalue weighted by Gasteiger charge is 2.31. The lowest BCUT2D eigenvalue weighted by Gasteiger charge is -2.11. The van der Waals surface area contributed by atoms with Crippen LogP contribution in [0.15, 0.2) is 6.07 Å². The van der Waals surface area contributed by atoms with E-state index in [-0.39, 0.29) is 17.9 Å². The van der Waals surface area contributed by atoms with Crippen LogP contribution >= 0.6 is 11.3 Å². The van der Waals surface area contributed by atoms with E-state index in [0.29, 0.717) is 12.8 Å². The molecule has 1 aromatic rings. The van der Waals surface area contributed by atoms with Crippen molar-refractivity contribution in [1.29, 1.82) is 0 Å². The number of nitrogens with one attached hydrogen (secondary N) is 1. The number of thiophene rings is 1. The van der Waals surface area contributed by atoms with Crippen molar-refractivity contribution in [3.63, 3.8) is 0 Å². The zero-order valence-corrected chi connectivity index (χ0v) is 11.5. The molecular weight excluding hydrogens is 262 g/mol. The molecule has 4 nitrogen and oxygen atoms in total. The highest BCUT2D eigenvalue weighted by atomic mass is 32.1. The molecule has 2 aliphatic carbocycles. The lowest BCUT2D eigenvalue weighted by molar-refractivity contribution is -0.141. The molecule has 0 aromatic carbocycles. The van der Waals surface area contributed by atoms with Crippen LogP contribution in [0.2, 0.25) is 0 Å². The number of hydrogen-bond acceptors (Lipinski definition) is 3. The summed E-state index contributed by atoms with van der Waals surface area (Å²) in [5, 5.41) is 11.9. The van der Waals surface area contributed by atoms with Crippen LogP contribution in [0, 0.1) is 5.92 Å². The second kappa shape index (κ2) is 4.96. The van der Waals surface area contributed by atoms with Gasteiger partial charge in [0.1, 0.15) is 0 Å². The Kier molecular flexibility index (Phi) is 3.31. The molecule has 0 spiro atoms. The number of aliphatic carboxylic acids is 1. The zero-order chi connectivity index (χ0) is 13.4. The largest absolute Gasteiger partial charge is 0.481 e. The Morgan fingerprint density at radius 3 is 2.84 bits per heavy atom. The first kappa shape index (κ1) is 12.7. The second-order valence-electron chi connectivity index (χ2n) is 5.43. The van der Waals surface area contributed by atoms with Crippen LogP contribution in [0.4, 0.5) is 0 Å². The SMILES string of the molecule is O=C(N[C@H]1CC[C@@H](C(=O)O)C1)c1cc2c(s1)CCC2. The number of carbonyl (C=O) groups is 2. The van der Waals surface area contributed by atoms with Crippen molar-refractivity contribution in [3.05, 3.63) is 21.4 Å². The van der Waals surface area contributed by atoms with Crippen LogP contribution in [0.3, 0.4) is 0 Å². The molecule has 2 N–H and O–H groups in total. The van der Waals surface area contributed by atoms with Crippen LogP contribution < -0.4 is 5.32 Å². The van der Waals surface area contributed by atoms with Crippen molar-refractivity contribution in [2.45, 2.75) is 44.6 Å². The first-order valence-electron chi connectivity index (χ1n) is 6.78. The topological polar surface area (TPSA) is 66.4 Å². The molecule has 0 bridgehead atoms. The van der Waals surface area contributed by atoms with Gasteiger partial charge in [0.15, 0.2) is 0 Å². The molecule has 2 aliphatic rings. The number of amides is 1. The van der Waals surface area contributed by atoms with Gasteiger partial charge in [-0.3, -0.25) is 9.59 Å². The van der Waals surface area contributed by atoms with Crippen molar-refractivity contribution in [1.82, 2.24) is 5.32 Å². The van der Waals surface area contributed by atoms with E-state index < -0.39 is 5.97 Å². The second-order valence-corrected chi connectivity index (χ2v) is 6.57. The number of rotatable bonds is 3. The fraction of sp³-hybridized carbons (Fsp3) is 0.571. The number of carboxylic acid groups (broad SMARTS) is 1. The number of aryl methyl sites for hydroxylation is 2. The highest BCUT2D eigenvalue weighted by Crippen LogP contribution is 2.31. The lowest BCUT2D eigenvalue weighted by atomic mass is 10.1. The Labute approximate surface area is 115 Å². The van der Waals surface area contributed by atoms with E-state index in [4.69, 9.17) is 5.11 Å². The molecule has 1 saturated carbocycles. The summed E-state index contributed by atoms with van der Waals surface area (Å²) in [6.07, 6.45) is 5.38. The average molecular weight is 279 g/mol. The van der Waals surface area contributed by atoms with Gasteiger partial charge in [-0.25, -0.2) is 0 Å². The van der Waals surface area contributed by atoms with Gasteiger partial charge >= 0.3 is 5.97 Å². The van der Waals surface area contributed by atoms with Gasteiger partial charge in [0.2, 0.25) is 0 Å². The minimum Gasteiger partial charge on any atom is -0.481 e. The number of carbonyl (C=O) groups excluding carboxylic acids is 1. The Morgan fingerprint density at radius 1 is 1.32 bits per heavy atom. The summed E-state index contributed by atoms with van der Waals surface area (Å²) in [6, 6.07) is 2.02. The van der Waals surface area contributed by atoms with E-state index in [9.17, 15) is 9.59 Å². The van der Waals surface area contributed by atoms with Crippen molar-refractivity contribution in [2.24, 2.45) is 5.92 Å². The molecule has 1 aromatic heterocycles. The molecule has 3 rings (SSSR count). The molecule has 0 radical (unpaired) electrons. The zero-order valence-electron chi connectivity index (χ0n) is 10.6. The molecule has 0 aliphatic heterocycles. The maximum absolute atomic E-state index is 12.1. The van der Waals surface area contributed by atoms with Crippen LogP contribution in [0.5, 0.6) is 0 Å². The van der Waals surface area contributed by atoms with E-state index in [1.807, 2.05) is 6.07 Å². The summed E-state index contributed by atoms with van der Waals surface area (Å²) in [5.74, 6) is -1.07. The third-order valence-corrected chi connectivity index (χ3v) is 5.32. The van der Waals surface area contributed by atoms with Crippen LogP contribution in [0.25, 0.3) is 0 Å². The maximum atomic E-state index is 12.1. The third-order valence-electron chi connectivity index (χ3n) is 4.09. The van der Waals surface area contributed by atoms with Gasteiger partial charge in [0, 0.05) is 10.9 Å². The minimum absolute atomic E-state index is 0.0190. The van der Waals surface area contributed by atoms with Gasteiger partial charge in [0.25, 0.3) is 5.91 Å². The summed E-state index contributed by atoms with van der Waals surface area (Å²) < 4.78 is 0. The highest BCUT2D eigenvalue weighted by molar-refractivity contribution is 7.14. The predicted octanol–water partition coefficient (Wildman–Crippen LogP) is 2.22. The fourth-order valence-corrected chi connectivity index (χ4v) is 4.19. The summed E-state index contributed by atoms with van der Waals surface area (Å²) in [4.78, 5) is 25.1. The van der Waals surface area contributed by atoms with Gasteiger partial charge in [-0.1, -0.05) is 0 Å². The number of fused-ring (bicyclic) bond motifs is 1. The van der Waals surface area contributed by atoms with Gasteiger partial charge in [-0.05, 0) is 50.2 Å². The first-order chi connectivity index (χ1) is 9.13. The molecule has 0 saturated heterocycles. The molecular formula is C14H17NO3S. The van der Waals surface area contributed by atoms with E-state index >= 15 is 0 Å². The summed E-state index contributed by atoms with van der Waals surface area (Å²) >= 11 is 1.59. The Morgan fingerprint density at radius 2 is 2.16 bits per heavy atom. The molecule has 1 fully saturated rings. The van der Waals surface area contributed by atoms with Crippen molar-refractivity contribution >= 4 is 23.2 Å². The van der Waals surface area contributed by atoms with E-state index in [1.165, 1.54) is 16.9 Å². The molecule has 102 valence electrons. The van der Waals surface area contributed by atoms with Crippen molar-refractivity contribution < 1.29 is 14.7 Å². The number of carboxylic acids is 1. The number of hydrogen-bond donors (Lipinski definition) is 2. The summed E-state index contributed by atoms with van der Waals surface area (Å²) in [7, 11) is 0. The van der Waals surface area contributed by atoms with Crippen LogP contribution in [-0.4, -0.2) is 23.0 Å². The van der Waals surface area contributed by atoms with Crippen LogP contribution in [0.1, 0.15) is 45.8 Å². The van der Waals surface area contributed by atoms with Crippen molar-refractivity contribution in [3.8, 4) is 0 Å². The van der Waals surface area contributed by atoms with E-state index in [1.54, 1.807) is 11.3 Å². The molecule has 0 unspecified atom stereocenters. The Hall–Kier alpha value is -1.36. The fourth-order valence-electron chi connectivity index (χ4n) is 3.03. The van der Waals surface area contributed by atoms with Crippen molar-refractivity contribution in [2.75, 3.05) is 0 Å². The smallest absolute Gasteiger partial charge is 0.306 e. The Balaban J connectivity index is 1.61. The molecule has 5 heteroatoms. The van der Waals surface area contributed by atoms with Crippen LogP contribution in [-0.2, 0) is 17.6 Å². The molecule has 2 atom stereocenters. The van der Waals surface area contributed by atoms with Gasteiger partial charge < -0.3 is 10.4 Å². The molecule has 19 heavy (non-hydrogen) atoms. The minimum atomic E-state index is -0.744. The first-order valence-corrected chi connectivity index (χ1v) is 7.60. The van der Waals surface area contributed by atoms with E-state index in [2.05, 4.69) is 5.32 Å². The average Bonchev–Trinajstić information content (AvgIpc) is 3.02. The Bertz CT molecular complexity index is 501. The normalized spacial score (nSPS) is 25.3. The van der Waals surface area contributed by atoms with E-state index in [0.717, 1.165) is 24.1 Å². The monoisotopic (exact) mass is 279 g/mol. The third kappa shape index (κ3) is 2.52. The van der Waals surface area contributed by atoms with Gasteiger partial charge in [-0.15, -0.1) is 11.3 Å². The quantitative estimate of drug-likeness (QED) is 0.891. The molecule has 1 heterocycles.